The third-order valence-electron chi connectivity index (χ3n) is 5.26. The van der Waals surface area contributed by atoms with Crippen LogP contribution >= 0.6 is 0 Å². The summed E-state index contributed by atoms with van der Waals surface area (Å²) >= 11 is 0. The Morgan fingerprint density at radius 1 is 1.07 bits per heavy atom. The van der Waals surface area contributed by atoms with Crippen LogP contribution in [0.15, 0.2) is 18.3 Å². The van der Waals surface area contributed by atoms with Crippen molar-refractivity contribution in [1.82, 2.24) is 19.6 Å². The van der Waals surface area contributed by atoms with Crippen molar-refractivity contribution in [3.8, 4) is 17.2 Å². The fraction of sp³-hybridized carbons (Fsp3) is 0.429. The number of ether oxygens (including phenoxy) is 3. The molecule has 8 nitrogen and oxygen atoms in total. The van der Waals surface area contributed by atoms with Gasteiger partial charge in [0.15, 0.2) is 23.1 Å². The third kappa shape index (κ3) is 3.39. The van der Waals surface area contributed by atoms with Gasteiger partial charge in [0.05, 0.1) is 32.6 Å². The van der Waals surface area contributed by atoms with Gasteiger partial charge in [0.1, 0.15) is 0 Å². The number of aromatic nitrogens is 4. The van der Waals surface area contributed by atoms with Gasteiger partial charge in [0.2, 0.25) is 5.75 Å². The first-order chi connectivity index (χ1) is 14.1. The van der Waals surface area contributed by atoms with E-state index in [1.807, 2.05) is 12.1 Å². The number of fused-ring (bicyclic) bond motifs is 2. The normalized spacial score (nSPS) is 16.0. The first kappa shape index (κ1) is 19.2. The highest BCUT2D eigenvalue weighted by Crippen LogP contribution is 2.42. The van der Waals surface area contributed by atoms with Crippen LogP contribution in [-0.2, 0) is 12.8 Å². The lowest BCUT2D eigenvalue weighted by Gasteiger charge is -2.24. The molecule has 0 spiro atoms. The van der Waals surface area contributed by atoms with Crippen LogP contribution in [-0.4, -0.2) is 46.7 Å². The lowest BCUT2D eigenvalue weighted by atomic mass is 9.82. The largest absolute Gasteiger partial charge is 0.493 e. The fourth-order valence-electron chi connectivity index (χ4n) is 3.83. The van der Waals surface area contributed by atoms with Crippen molar-refractivity contribution >= 4 is 11.6 Å². The molecule has 8 heteroatoms. The molecule has 3 aromatic rings. The van der Waals surface area contributed by atoms with E-state index in [1.165, 1.54) is 0 Å². The number of rotatable bonds is 6. The van der Waals surface area contributed by atoms with E-state index in [2.05, 4.69) is 22.0 Å². The van der Waals surface area contributed by atoms with E-state index < -0.39 is 0 Å². The van der Waals surface area contributed by atoms with E-state index in [1.54, 1.807) is 32.0 Å². The molecule has 1 unspecified atom stereocenters. The molecule has 0 aliphatic heterocycles. The number of methoxy groups -OCH3 is 3. The van der Waals surface area contributed by atoms with Crippen LogP contribution in [0, 0.1) is 0 Å². The summed E-state index contributed by atoms with van der Waals surface area (Å²) in [6, 6.07) is 3.80. The zero-order valence-electron chi connectivity index (χ0n) is 17.1. The summed E-state index contributed by atoms with van der Waals surface area (Å²) in [5.41, 5.74) is 2.32. The highest BCUT2D eigenvalue weighted by atomic mass is 16.5. The lowest BCUT2D eigenvalue weighted by molar-refractivity contribution is 0.0962. The second-order valence-corrected chi connectivity index (χ2v) is 7.11. The van der Waals surface area contributed by atoms with Gasteiger partial charge in [0, 0.05) is 19.0 Å². The molecule has 0 N–H and O–H groups in total. The third-order valence-corrected chi connectivity index (χ3v) is 5.26. The average molecular weight is 396 g/mol. The molecule has 29 heavy (non-hydrogen) atoms. The van der Waals surface area contributed by atoms with Gasteiger partial charge in [-0.3, -0.25) is 4.79 Å². The number of hydrogen-bond donors (Lipinski definition) is 0. The maximum atomic E-state index is 12.9. The van der Waals surface area contributed by atoms with Gasteiger partial charge in [-0.05, 0) is 36.5 Å². The molecule has 1 atom stereocenters. The van der Waals surface area contributed by atoms with Crippen LogP contribution in [0.4, 0.5) is 0 Å². The molecule has 0 fully saturated rings. The molecule has 2 aromatic heterocycles. The van der Waals surface area contributed by atoms with Crippen LogP contribution in [0.1, 0.15) is 53.1 Å². The van der Waals surface area contributed by atoms with Gasteiger partial charge in [-0.2, -0.15) is 4.98 Å². The number of Topliss-reactive ketones (excluding diaryl/α,β-unsaturated/α-hetero) is 1. The molecule has 0 radical (unpaired) electrons. The predicted octanol–water partition coefficient (Wildman–Crippen LogP) is 3.02. The molecule has 1 aliphatic rings. The van der Waals surface area contributed by atoms with E-state index in [-0.39, 0.29) is 11.7 Å². The lowest BCUT2D eigenvalue weighted by Crippen LogP contribution is -2.21. The van der Waals surface area contributed by atoms with Crippen molar-refractivity contribution in [2.24, 2.45) is 0 Å². The molecule has 2 heterocycles. The number of aryl methyl sites for hydroxylation is 1. The maximum Gasteiger partial charge on any atom is 0.252 e. The number of carbonyl (C=O) groups excluding carboxylic acids is 1. The summed E-state index contributed by atoms with van der Waals surface area (Å²) in [6.45, 7) is 2.08. The molecule has 152 valence electrons. The smallest absolute Gasteiger partial charge is 0.252 e. The van der Waals surface area contributed by atoms with Gasteiger partial charge in [-0.1, -0.05) is 6.92 Å². The topological polar surface area (TPSA) is 87.8 Å². The van der Waals surface area contributed by atoms with E-state index in [4.69, 9.17) is 14.2 Å². The first-order valence-electron chi connectivity index (χ1n) is 9.66. The molecule has 0 bridgehead atoms. The Balaban J connectivity index is 1.73. The number of carbonyl (C=O) groups is 1. The summed E-state index contributed by atoms with van der Waals surface area (Å²) in [4.78, 5) is 22.0. The Bertz CT molecular complexity index is 1050. The Labute approximate surface area is 168 Å². The van der Waals surface area contributed by atoms with E-state index in [0.29, 0.717) is 41.4 Å². The molecule has 4 rings (SSSR count). The van der Waals surface area contributed by atoms with Gasteiger partial charge in [-0.15, -0.1) is 5.10 Å². The van der Waals surface area contributed by atoms with Crippen LogP contribution in [0.25, 0.3) is 5.78 Å². The summed E-state index contributed by atoms with van der Waals surface area (Å²) in [7, 11) is 4.74. The summed E-state index contributed by atoms with van der Waals surface area (Å²) < 4.78 is 17.9. The average Bonchev–Trinajstić information content (AvgIpc) is 3.12. The summed E-state index contributed by atoms with van der Waals surface area (Å²) in [6.07, 6.45) is 4.52. The predicted molar refractivity (Wildman–Crippen MR) is 106 cm³/mol. The number of benzene rings is 1. The van der Waals surface area contributed by atoms with Crippen molar-refractivity contribution in [2.45, 2.75) is 38.5 Å². The number of hydrogen-bond acceptors (Lipinski definition) is 7. The second kappa shape index (κ2) is 7.69. The standard InChI is InChI=1S/C21H24N4O4/c1-5-6-19-23-21-22-15-7-12(8-16(26)14(15)11-25(21)24-19)13-9-17(27-2)20(29-4)18(10-13)28-3/h9-12H,5-8H2,1-4H3. The summed E-state index contributed by atoms with van der Waals surface area (Å²) in [5, 5.41) is 4.43. The Morgan fingerprint density at radius 3 is 2.41 bits per heavy atom. The van der Waals surface area contributed by atoms with Crippen molar-refractivity contribution in [3.05, 3.63) is 41.0 Å². The van der Waals surface area contributed by atoms with E-state index >= 15 is 0 Å². The quantitative estimate of drug-likeness (QED) is 0.633. The van der Waals surface area contributed by atoms with Gasteiger partial charge in [0.25, 0.3) is 5.78 Å². The SMILES string of the molecule is CCCc1nc2nc3c(cn2n1)C(=O)CC(c1cc(OC)c(OC)c(OC)c1)C3. The fourth-order valence-corrected chi connectivity index (χ4v) is 3.83. The van der Waals surface area contributed by atoms with E-state index in [9.17, 15) is 4.79 Å². The van der Waals surface area contributed by atoms with Crippen LogP contribution in [0.3, 0.4) is 0 Å². The molecule has 1 aliphatic carbocycles. The van der Waals surface area contributed by atoms with Gasteiger partial charge >= 0.3 is 0 Å². The minimum absolute atomic E-state index is 0.0308. The molecular formula is C21H24N4O4. The molecule has 0 saturated heterocycles. The highest BCUT2D eigenvalue weighted by molar-refractivity contribution is 5.98. The first-order valence-corrected chi connectivity index (χ1v) is 9.66. The molecule has 0 saturated carbocycles. The van der Waals surface area contributed by atoms with Gasteiger partial charge in [-0.25, -0.2) is 9.50 Å². The zero-order valence-corrected chi connectivity index (χ0v) is 17.1. The molecular weight excluding hydrogens is 372 g/mol. The van der Waals surface area contributed by atoms with Crippen LogP contribution in [0.2, 0.25) is 0 Å². The highest BCUT2D eigenvalue weighted by Gasteiger charge is 2.30. The van der Waals surface area contributed by atoms with Crippen molar-refractivity contribution in [3.63, 3.8) is 0 Å². The molecule has 1 aromatic carbocycles. The Kier molecular flexibility index (Phi) is 5.08. The summed E-state index contributed by atoms with van der Waals surface area (Å²) in [5.74, 6) is 2.98. The van der Waals surface area contributed by atoms with Gasteiger partial charge < -0.3 is 14.2 Å². The van der Waals surface area contributed by atoms with Crippen molar-refractivity contribution in [1.29, 1.82) is 0 Å². The number of nitrogens with zero attached hydrogens (tertiary/aromatic N) is 4. The Hall–Kier alpha value is -3.16. The van der Waals surface area contributed by atoms with Crippen molar-refractivity contribution < 1.29 is 19.0 Å². The van der Waals surface area contributed by atoms with Crippen molar-refractivity contribution in [2.75, 3.05) is 21.3 Å². The van der Waals surface area contributed by atoms with Crippen LogP contribution in [0.5, 0.6) is 17.2 Å². The number of ketones is 1. The van der Waals surface area contributed by atoms with E-state index in [0.717, 1.165) is 29.9 Å². The monoisotopic (exact) mass is 396 g/mol. The minimum Gasteiger partial charge on any atom is -0.493 e. The Morgan fingerprint density at radius 2 is 1.79 bits per heavy atom. The molecule has 0 amide bonds. The second-order valence-electron chi connectivity index (χ2n) is 7.11. The zero-order chi connectivity index (χ0) is 20.5. The maximum absolute atomic E-state index is 12.9. The minimum atomic E-state index is -0.0308. The van der Waals surface area contributed by atoms with Crippen LogP contribution < -0.4 is 14.2 Å².